The van der Waals surface area contributed by atoms with Gasteiger partial charge in [0.25, 0.3) is 0 Å². The van der Waals surface area contributed by atoms with E-state index in [1.165, 1.54) is 12.3 Å². The number of rotatable bonds is 3. The van der Waals surface area contributed by atoms with E-state index < -0.39 is 5.97 Å². The fraction of sp³-hybridized carbons (Fsp3) is 0.500. The normalized spacial score (nSPS) is 24.3. The van der Waals surface area contributed by atoms with E-state index in [0.717, 1.165) is 25.7 Å². The van der Waals surface area contributed by atoms with Crippen LogP contribution in [0.4, 0.5) is 5.82 Å². The first-order valence-corrected chi connectivity index (χ1v) is 5.79. The second kappa shape index (κ2) is 5.14. The molecule has 0 aromatic carbocycles. The molecule has 1 aliphatic carbocycles. The largest absolute Gasteiger partial charge is 0.478 e. The molecular formula is C12H16N2O3. The molecule has 1 heterocycles. The van der Waals surface area contributed by atoms with Crippen molar-refractivity contribution in [3.63, 3.8) is 0 Å². The second-order valence-electron chi connectivity index (χ2n) is 4.40. The quantitative estimate of drug-likeness (QED) is 0.740. The lowest BCUT2D eigenvalue weighted by atomic mass is 9.93. The third-order valence-corrected chi connectivity index (χ3v) is 3.01. The summed E-state index contributed by atoms with van der Waals surface area (Å²) in [4.78, 5) is 14.7. The predicted octanol–water partition coefficient (Wildman–Crippen LogP) is 1.50. The first kappa shape index (κ1) is 11.9. The molecule has 92 valence electrons. The average molecular weight is 236 g/mol. The lowest BCUT2D eigenvalue weighted by Gasteiger charge is -2.26. The van der Waals surface area contributed by atoms with Crippen molar-refractivity contribution in [3.05, 3.63) is 23.9 Å². The molecule has 5 nitrogen and oxygen atoms in total. The zero-order valence-electron chi connectivity index (χ0n) is 9.47. The van der Waals surface area contributed by atoms with Crippen molar-refractivity contribution in [2.45, 2.75) is 37.8 Å². The van der Waals surface area contributed by atoms with Crippen molar-refractivity contribution in [2.24, 2.45) is 0 Å². The van der Waals surface area contributed by atoms with Gasteiger partial charge in [0.1, 0.15) is 5.82 Å². The highest BCUT2D eigenvalue weighted by Crippen LogP contribution is 2.21. The summed E-state index contributed by atoms with van der Waals surface area (Å²) in [5.41, 5.74) is 0.180. The number of carboxylic acid groups (broad SMARTS) is 1. The molecule has 17 heavy (non-hydrogen) atoms. The highest BCUT2D eigenvalue weighted by atomic mass is 16.4. The molecule has 0 bridgehead atoms. The van der Waals surface area contributed by atoms with Crippen molar-refractivity contribution >= 4 is 11.8 Å². The monoisotopic (exact) mass is 236 g/mol. The number of nitrogens with one attached hydrogen (secondary N) is 1. The molecular weight excluding hydrogens is 220 g/mol. The third-order valence-electron chi connectivity index (χ3n) is 3.01. The van der Waals surface area contributed by atoms with Crippen LogP contribution >= 0.6 is 0 Å². The third kappa shape index (κ3) is 3.17. The topological polar surface area (TPSA) is 82.5 Å². The van der Waals surface area contributed by atoms with Gasteiger partial charge < -0.3 is 15.5 Å². The van der Waals surface area contributed by atoms with E-state index in [0.29, 0.717) is 5.82 Å². The van der Waals surface area contributed by atoms with E-state index in [1.54, 1.807) is 6.07 Å². The molecule has 0 aliphatic heterocycles. The maximum Gasteiger partial charge on any atom is 0.337 e. The summed E-state index contributed by atoms with van der Waals surface area (Å²) in [7, 11) is 0. The van der Waals surface area contributed by atoms with Gasteiger partial charge in [0, 0.05) is 12.2 Å². The molecule has 5 heteroatoms. The maximum absolute atomic E-state index is 10.7. The fourth-order valence-corrected chi connectivity index (χ4v) is 2.11. The minimum Gasteiger partial charge on any atom is -0.478 e. The minimum absolute atomic E-state index is 0.180. The van der Waals surface area contributed by atoms with Crippen molar-refractivity contribution in [1.29, 1.82) is 0 Å². The SMILES string of the molecule is O=C(O)c1ccc(N[C@H]2CCCC(O)C2)nc1. The number of aromatic nitrogens is 1. The standard InChI is InChI=1S/C12H16N2O3/c15-10-3-1-2-9(6-10)14-11-5-4-8(7-13-11)12(16)17/h4-5,7,9-10,15H,1-3,6H2,(H,13,14)(H,16,17)/t9-,10?/m0/s1. The Kier molecular flexibility index (Phi) is 3.58. The minimum atomic E-state index is -0.975. The van der Waals surface area contributed by atoms with Crippen molar-refractivity contribution in [2.75, 3.05) is 5.32 Å². The summed E-state index contributed by atoms with van der Waals surface area (Å²) >= 11 is 0. The number of hydrogen-bond acceptors (Lipinski definition) is 4. The Bertz CT molecular complexity index is 391. The molecule has 0 spiro atoms. The second-order valence-corrected chi connectivity index (χ2v) is 4.40. The summed E-state index contributed by atoms with van der Waals surface area (Å²) in [6.45, 7) is 0. The van der Waals surface area contributed by atoms with Crippen LogP contribution in [-0.4, -0.2) is 33.3 Å². The molecule has 0 amide bonds. The van der Waals surface area contributed by atoms with Gasteiger partial charge in [-0.05, 0) is 37.8 Å². The van der Waals surface area contributed by atoms with Crippen LogP contribution in [0.2, 0.25) is 0 Å². The molecule has 3 N–H and O–H groups in total. The van der Waals surface area contributed by atoms with E-state index in [2.05, 4.69) is 10.3 Å². The Morgan fingerprint density at radius 2 is 2.24 bits per heavy atom. The Morgan fingerprint density at radius 1 is 1.41 bits per heavy atom. The molecule has 2 rings (SSSR count). The first-order chi connectivity index (χ1) is 8.15. The molecule has 0 saturated heterocycles. The van der Waals surface area contributed by atoms with Gasteiger partial charge in [0.2, 0.25) is 0 Å². The number of anilines is 1. The van der Waals surface area contributed by atoms with Crippen LogP contribution in [0.5, 0.6) is 0 Å². The number of aliphatic hydroxyl groups is 1. The van der Waals surface area contributed by atoms with Crippen LogP contribution in [0.15, 0.2) is 18.3 Å². The van der Waals surface area contributed by atoms with E-state index in [4.69, 9.17) is 5.11 Å². The number of carbonyl (C=O) groups is 1. The smallest absolute Gasteiger partial charge is 0.337 e. The van der Waals surface area contributed by atoms with Gasteiger partial charge in [-0.25, -0.2) is 9.78 Å². The van der Waals surface area contributed by atoms with Crippen molar-refractivity contribution in [3.8, 4) is 0 Å². The number of aromatic carboxylic acids is 1. The molecule has 1 aliphatic rings. The molecule has 2 atom stereocenters. The highest BCUT2D eigenvalue weighted by molar-refractivity contribution is 5.87. The Labute approximate surface area is 99.5 Å². The molecule has 1 aromatic heterocycles. The van der Waals surface area contributed by atoms with E-state index in [-0.39, 0.29) is 17.7 Å². The summed E-state index contributed by atoms with van der Waals surface area (Å²) in [5, 5.41) is 21.5. The predicted molar refractivity (Wildman–Crippen MR) is 63.1 cm³/mol. The molecule has 1 unspecified atom stereocenters. The molecule has 0 radical (unpaired) electrons. The van der Waals surface area contributed by atoms with Crippen molar-refractivity contribution < 1.29 is 15.0 Å². The lowest BCUT2D eigenvalue weighted by molar-refractivity contribution is 0.0696. The fourth-order valence-electron chi connectivity index (χ4n) is 2.11. The maximum atomic E-state index is 10.7. The van der Waals surface area contributed by atoms with Gasteiger partial charge in [-0.1, -0.05) is 0 Å². The number of pyridine rings is 1. The highest BCUT2D eigenvalue weighted by Gasteiger charge is 2.20. The molecule has 1 saturated carbocycles. The van der Waals surface area contributed by atoms with E-state index in [1.807, 2.05) is 0 Å². The Balaban J connectivity index is 1.96. The van der Waals surface area contributed by atoms with Crippen LogP contribution in [0, 0.1) is 0 Å². The van der Waals surface area contributed by atoms with Gasteiger partial charge in [-0.3, -0.25) is 0 Å². The summed E-state index contributed by atoms with van der Waals surface area (Å²) in [6, 6.07) is 3.41. The van der Waals surface area contributed by atoms with Gasteiger partial charge in [-0.15, -0.1) is 0 Å². The molecule has 1 aromatic rings. The van der Waals surface area contributed by atoms with Gasteiger partial charge in [-0.2, -0.15) is 0 Å². The Hall–Kier alpha value is -1.62. The molecule has 1 fully saturated rings. The summed E-state index contributed by atoms with van der Waals surface area (Å²) < 4.78 is 0. The number of nitrogens with zero attached hydrogens (tertiary/aromatic N) is 1. The van der Waals surface area contributed by atoms with E-state index in [9.17, 15) is 9.90 Å². The summed E-state index contributed by atoms with van der Waals surface area (Å²) in [6.07, 6.45) is 4.71. The zero-order chi connectivity index (χ0) is 12.3. The number of aliphatic hydroxyl groups excluding tert-OH is 1. The number of hydrogen-bond donors (Lipinski definition) is 3. The number of carboxylic acids is 1. The van der Waals surface area contributed by atoms with Crippen LogP contribution in [-0.2, 0) is 0 Å². The van der Waals surface area contributed by atoms with Crippen LogP contribution < -0.4 is 5.32 Å². The Morgan fingerprint density at radius 3 is 2.82 bits per heavy atom. The average Bonchev–Trinajstić information content (AvgIpc) is 2.29. The van der Waals surface area contributed by atoms with Crippen LogP contribution in [0.25, 0.3) is 0 Å². The van der Waals surface area contributed by atoms with Gasteiger partial charge in [0.15, 0.2) is 0 Å². The van der Waals surface area contributed by atoms with Crippen molar-refractivity contribution in [1.82, 2.24) is 4.98 Å². The van der Waals surface area contributed by atoms with Crippen LogP contribution in [0.3, 0.4) is 0 Å². The van der Waals surface area contributed by atoms with Crippen LogP contribution in [0.1, 0.15) is 36.0 Å². The summed E-state index contributed by atoms with van der Waals surface area (Å²) in [5.74, 6) is -0.314. The van der Waals surface area contributed by atoms with Gasteiger partial charge >= 0.3 is 5.97 Å². The lowest BCUT2D eigenvalue weighted by Crippen LogP contribution is -2.30. The van der Waals surface area contributed by atoms with Gasteiger partial charge in [0.05, 0.1) is 11.7 Å². The zero-order valence-corrected chi connectivity index (χ0v) is 9.47. The van der Waals surface area contributed by atoms with E-state index >= 15 is 0 Å². The first-order valence-electron chi connectivity index (χ1n) is 5.79.